The zero-order chi connectivity index (χ0) is 10.7. The molecule has 1 aliphatic heterocycles. The lowest BCUT2D eigenvalue weighted by Gasteiger charge is -2.30. The molecule has 2 aliphatic rings. The van der Waals surface area contributed by atoms with Crippen LogP contribution < -0.4 is 5.32 Å². The van der Waals surface area contributed by atoms with Gasteiger partial charge in [-0.05, 0) is 31.6 Å². The van der Waals surface area contributed by atoms with Gasteiger partial charge < -0.3 is 15.2 Å². The first-order chi connectivity index (χ1) is 7.18. The van der Waals surface area contributed by atoms with E-state index in [1.807, 2.05) is 0 Å². The van der Waals surface area contributed by atoms with E-state index in [1.54, 1.807) is 0 Å². The smallest absolute Gasteiger partial charge is 0.102 e. The van der Waals surface area contributed by atoms with Gasteiger partial charge in [0.15, 0.2) is 0 Å². The molecule has 0 radical (unpaired) electrons. The number of hydrogen-bond acceptors (Lipinski definition) is 3. The number of nitrogens with one attached hydrogen (secondary N) is 1. The van der Waals surface area contributed by atoms with Crippen LogP contribution in [0.3, 0.4) is 0 Å². The second-order valence-electron chi connectivity index (χ2n) is 5.36. The molecule has 3 nitrogen and oxygen atoms in total. The fourth-order valence-electron chi connectivity index (χ4n) is 2.53. The molecule has 15 heavy (non-hydrogen) atoms. The van der Waals surface area contributed by atoms with Crippen LogP contribution >= 0.6 is 0 Å². The highest BCUT2D eigenvalue weighted by Gasteiger charge is 2.32. The molecule has 2 fully saturated rings. The molecule has 2 rings (SSSR count). The van der Waals surface area contributed by atoms with Crippen molar-refractivity contribution in [3.8, 4) is 0 Å². The van der Waals surface area contributed by atoms with Crippen LogP contribution in [0.2, 0.25) is 0 Å². The van der Waals surface area contributed by atoms with Crippen LogP contribution in [0.4, 0.5) is 0 Å². The largest absolute Gasteiger partial charge is 0.386 e. The Hall–Kier alpha value is -0.120. The Kier molecular flexibility index (Phi) is 3.65. The summed E-state index contributed by atoms with van der Waals surface area (Å²) in [5.41, 5.74) is -0.594. The van der Waals surface area contributed by atoms with Crippen molar-refractivity contribution >= 4 is 0 Å². The summed E-state index contributed by atoms with van der Waals surface area (Å²) in [6, 6.07) is 0.617. The topological polar surface area (TPSA) is 41.5 Å². The first kappa shape index (κ1) is 11.4. The van der Waals surface area contributed by atoms with Crippen molar-refractivity contribution in [3.05, 3.63) is 0 Å². The average molecular weight is 213 g/mol. The van der Waals surface area contributed by atoms with Crippen molar-refractivity contribution in [3.63, 3.8) is 0 Å². The lowest BCUT2D eigenvalue weighted by molar-refractivity contribution is 0.0234. The third kappa shape index (κ3) is 3.16. The van der Waals surface area contributed by atoms with Gasteiger partial charge in [-0.2, -0.15) is 0 Å². The highest BCUT2D eigenvalue weighted by molar-refractivity contribution is 4.87. The molecule has 1 atom stereocenters. The molecule has 3 heteroatoms. The van der Waals surface area contributed by atoms with E-state index in [1.165, 1.54) is 25.7 Å². The summed E-state index contributed by atoms with van der Waals surface area (Å²) < 4.78 is 5.23. The van der Waals surface area contributed by atoms with Crippen molar-refractivity contribution in [1.82, 2.24) is 5.32 Å². The Morgan fingerprint density at radius 1 is 1.33 bits per heavy atom. The van der Waals surface area contributed by atoms with E-state index in [2.05, 4.69) is 12.2 Å². The summed E-state index contributed by atoms with van der Waals surface area (Å²) in [4.78, 5) is 0. The molecule has 2 N–H and O–H groups in total. The van der Waals surface area contributed by atoms with Gasteiger partial charge in [0.25, 0.3) is 0 Å². The predicted molar refractivity (Wildman–Crippen MR) is 59.8 cm³/mol. The molecule has 0 aromatic carbocycles. The van der Waals surface area contributed by atoms with Gasteiger partial charge >= 0.3 is 0 Å². The molecular weight excluding hydrogens is 190 g/mol. The van der Waals surface area contributed by atoms with Crippen LogP contribution in [0.5, 0.6) is 0 Å². The molecule has 0 spiro atoms. The molecule has 1 heterocycles. The Bertz CT molecular complexity index is 194. The quantitative estimate of drug-likeness (QED) is 0.742. The summed E-state index contributed by atoms with van der Waals surface area (Å²) in [6.45, 7) is 4.24. The number of aliphatic hydroxyl groups is 1. The monoisotopic (exact) mass is 213 g/mol. The van der Waals surface area contributed by atoms with Crippen molar-refractivity contribution in [2.75, 3.05) is 19.8 Å². The standard InChI is InChI=1S/C12H23NO2/c1-10-2-4-11(5-3-10)13-8-12(14)6-7-15-9-12/h10-11,13-14H,2-9H2,1H3. The second-order valence-corrected chi connectivity index (χ2v) is 5.36. The summed E-state index contributed by atoms with van der Waals surface area (Å²) in [6.07, 6.45) is 5.96. The Morgan fingerprint density at radius 3 is 2.67 bits per heavy atom. The van der Waals surface area contributed by atoms with E-state index in [9.17, 15) is 5.11 Å². The minimum atomic E-state index is -0.594. The zero-order valence-corrected chi connectivity index (χ0v) is 9.67. The maximum atomic E-state index is 10.1. The number of ether oxygens (including phenoxy) is 1. The van der Waals surface area contributed by atoms with Crippen molar-refractivity contribution < 1.29 is 9.84 Å². The zero-order valence-electron chi connectivity index (χ0n) is 9.67. The third-order valence-electron chi connectivity index (χ3n) is 3.82. The maximum absolute atomic E-state index is 10.1. The van der Waals surface area contributed by atoms with Crippen LogP contribution in [0.15, 0.2) is 0 Å². The van der Waals surface area contributed by atoms with E-state index >= 15 is 0 Å². The van der Waals surface area contributed by atoms with Crippen LogP contribution in [-0.2, 0) is 4.74 Å². The van der Waals surface area contributed by atoms with Gasteiger partial charge in [-0.15, -0.1) is 0 Å². The summed E-state index contributed by atoms with van der Waals surface area (Å²) in [7, 11) is 0. The van der Waals surface area contributed by atoms with Crippen LogP contribution in [-0.4, -0.2) is 36.5 Å². The summed E-state index contributed by atoms with van der Waals surface area (Å²) in [5, 5.41) is 13.6. The average Bonchev–Trinajstić information content (AvgIpc) is 2.65. The van der Waals surface area contributed by atoms with Crippen molar-refractivity contribution in [2.24, 2.45) is 5.92 Å². The highest BCUT2D eigenvalue weighted by Crippen LogP contribution is 2.24. The van der Waals surface area contributed by atoms with Gasteiger partial charge in [-0.3, -0.25) is 0 Å². The number of rotatable bonds is 3. The van der Waals surface area contributed by atoms with Gasteiger partial charge in [-0.1, -0.05) is 6.92 Å². The molecule has 1 aliphatic carbocycles. The molecule has 88 valence electrons. The van der Waals surface area contributed by atoms with Crippen LogP contribution in [0.1, 0.15) is 39.0 Å². The Morgan fingerprint density at radius 2 is 2.07 bits per heavy atom. The fraction of sp³-hybridized carbons (Fsp3) is 1.00. The molecule has 1 saturated heterocycles. The van der Waals surface area contributed by atoms with Crippen molar-refractivity contribution in [2.45, 2.75) is 50.7 Å². The molecule has 0 bridgehead atoms. The molecule has 0 aromatic heterocycles. The summed E-state index contributed by atoms with van der Waals surface area (Å²) >= 11 is 0. The van der Waals surface area contributed by atoms with Gasteiger partial charge in [0, 0.05) is 25.6 Å². The minimum Gasteiger partial charge on any atom is -0.386 e. The maximum Gasteiger partial charge on any atom is 0.102 e. The fourth-order valence-corrected chi connectivity index (χ4v) is 2.53. The minimum absolute atomic E-state index is 0.503. The Labute approximate surface area is 92.2 Å². The first-order valence-corrected chi connectivity index (χ1v) is 6.21. The number of hydrogen-bond donors (Lipinski definition) is 2. The highest BCUT2D eigenvalue weighted by atomic mass is 16.5. The normalized spacial score (nSPS) is 42.0. The van der Waals surface area contributed by atoms with E-state index in [0.29, 0.717) is 25.8 Å². The van der Waals surface area contributed by atoms with Crippen LogP contribution in [0, 0.1) is 5.92 Å². The molecular formula is C12H23NO2. The predicted octanol–water partition coefficient (Wildman–Crippen LogP) is 1.31. The molecule has 1 unspecified atom stereocenters. The lowest BCUT2D eigenvalue weighted by atomic mass is 9.87. The van der Waals surface area contributed by atoms with Crippen molar-refractivity contribution in [1.29, 1.82) is 0 Å². The third-order valence-corrected chi connectivity index (χ3v) is 3.82. The van der Waals surface area contributed by atoms with Crippen LogP contribution in [0.25, 0.3) is 0 Å². The van der Waals surface area contributed by atoms with Gasteiger partial charge in [-0.25, -0.2) is 0 Å². The van der Waals surface area contributed by atoms with E-state index in [4.69, 9.17) is 4.74 Å². The van der Waals surface area contributed by atoms with Gasteiger partial charge in [0.05, 0.1) is 6.61 Å². The first-order valence-electron chi connectivity index (χ1n) is 6.21. The molecule has 0 aromatic rings. The summed E-state index contributed by atoms with van der Waals surface area (Å²) in [5.74, 6) is 0.890. The SMILES string of the molecule is CC1CCC(NCC2(O)CCOC2)CC1. The molecule has 0 amide bonds. The molecule has 1 saturated carbocycles. The second kappa shape index (κ2) is 4.81. The van der Waals surface area contributed by atoms with Gasteiger partial charge in [0.2, 0.25) is 0 Å². The van der Waals surface area contributed by atoms with E-state index < -0.39 is 5.60 Å². The Balaban J connectivity index is 1.69. The van der Waals surface area contributed by atoms with Gasteiger partial charge in [0.1, 0.15) is 5.60 Å². The van der Waals surface area contributed by atoms with E-state index in [-0.39, 0.29) is 0 Å². The van der Waals surface area contributed by atoms with E-state index in [0.717, 1.165) is 12.3 Å². The lowest BCUT2D eigenvalue weighted by Crippen LogP contribution is -2.45.